The quantitative estimate of drug-likeness (QED) is 0.0370. The van der Waals surface area contributed by atoms with Gasteiger partial charge in [-0.3, -0.25) is 28.8 Å². The molecule has 1 fully saturated rings. The molecule has 58 heavy (non-hydrogen) atoms. The topological polar surface area (TPSA) is 213 Å². The van der Waals surface area contributed by atoms with Crippen LogP contribution < -0.4 is 10.6 Å². The van der Waals surface area contributed by atoms with Crippen molar-refractivity contribution in [3.05, 3.63) is 0 Å². The van der Waals surface area contributed by atoms with Gasteiger partial charge in [-0.15, -0.1) is 0 Å². The smallest absolute Gasteiger partial charge is 0.326 e. The second kappa shape index (κ2) is 34.5. The van der Waals surface area contributed by atoms with E-state index in [-0.39, 0.29) is 49.7 Å². The fourth-order valence-corrected chi connectivity index (χ4v) is 7.80. The predicted molar refractivity (Wildman–Crippen MR) is 223 cm³/mol. The van der Waals surface area contributed by atoms with Crippen molar-refractivity contribution in [3.8, 4) is 0 Å². The number of carbonyl (C=O) groups is 7. The summed E-state index contributed by atoms with van der Waals surface area (Å²) in [7, 11) is 0. The van der Waals surface area contributed by atoms with Gasteiger partial charge >= 0.3 is 17.9 Å². The Hall–Kier alpha value is -3.35. The van der Waals surface area contributed by atoms with E-state index in [0.717, 1.165) is 51.4 Å². The maximum absolute atomic E-state index is 13.0. The lowest BCUT2D eigenvalue weighted by Gasteiger charge is -2.28. The number of amides is 2. The lowest BCUT2D eigenvalue weighted by Crippen LogP contribution is -2.44. The van der Waals surface area contributed by atoms with Crippen LogP contribution in [0, 0.1) is 17.8 Å². The molecule has 2 amide bonds. The number of rotatable bonds is 39. The molecule has 13 heteroatoms. The molecule has 0 aromatic rings. The van der Waals surface area contributed by atoms with Gasteiger partial charge in [-0.2, -0.15) is 0 Å². The van der Waals surface area contributed by atoms with E-state index in [0.29, 0.717) is 70.0 Å². The summed E-state index contributed by atoms with van der Waals surface area (Å²) in [6.45, 7) is 3.21. The third kappa shape index (κ3) is 29.0. The number of Topliss-reactive ketones (excluding diaryl/α,β-unsaturated/α-hetero) is 2. The molecule has 2 atom stereocenters. The highest BCUT2D eigenvalue weighted by atomic mass is 16.5. The first kappa shape index (κ1) is 52.7. The molecule has 0 bridgehead atoms. The Kier molecular flexibility index (Phi) is 31.3. The number of nitrogens with one attached hydrogen (secondary N) is 2. The first-order valence-electron chi connectivity index (χ1n) is 22.8. The van der Waals surface area contributed by atoms with E-state index in [9.17, 15) is 38.7 Å². The Morgan fingerprint density at radius 3 is 1.60 bits per heavy atom. The highest BCUT2D eigenvalue weighted by Crippen LogP contribution is 2.32. The highest BCUT2D eigenvalue weighted by molar-refractivity contribution is 5.88. The van der Waals surface area contributed by atoms with E-state index in [1.54, 1.807) is 0 Å². The first-order valence-corrected chi connectivity index (χ1v) is 22.8. The summed E-state index contributed by atoms with van der Waals surface area (Å²) >= 11 is 0. The summed E-state index contributed by atoms with van der Waals surface area (Å²) in [5, 5.41) is 32.9. The van der Waals surface area contributed by atoms with Crippen LogP contribution in [0.2, 0.25) is 0 Å². The van der Waals surface area contributed by atoms with Crippen LogP contribution in [-0.4, -0.2) is 82.4 Å². The number of ether oxygens (including phenoxy) is 1. The van der Waals surface area contributed by atoms with Gasteiger partial charge < -0.3 is 30.7 Å². The minimum atomic E-state index is -1.25. The van der Waals surface area contributed by atoms with Crippen molar-refractivity contribution in [2.45, 2.75) is 206 Å². The zero-order chi connectivity index (χ0) is 42.8. The molecular formula is C45H78N2O11. The van der Waals surface area contributed by atoms with Gasteiger partial charge in [-0.25, -0.2) is 4.79 Å². The molecule has 1 saturated carbocycles. The Balaban J connectivity index is 2.18. The van der Waals surface area contributed by atoms with Gasteiger partial charge in [0.2, 0.25) is 11.8 Å². The molecule has 2 unspecified atom stereocenters. The minimum Gasteiger partial charge on any atom is -0.481 e. The summed E-state index contributed by atoms with van der Waals surface area (Å²) in [4.78, 5) is 84.6. The number of aliphatic carboxylic acids is 3. The lowest BCUT2D eigenvalue weighted by atomic mass is 9.79. The minimum absolute atomic E-state index is 0.0135. The van der Waals surface area contributed by atoms with Crippen LogP contribution in [0.1, 0.15) is 200 Å². The van der Waals surface area contributed by atoms with E-state index in [1.165, 1.54) is 70.6 Å². The maximum atomic E-state index is 13.0. The Morgan fingerprint density at radius 2 is 1.10 bits per heavy atom. The number of hydrogen-bond donors (Lipinski definition) is 5. The van der Waals surface area contributed by atoms with Crippen LogP contribution in [0.25, 0.3) is 0 Å². The fourth-order valence-electron chi connectivity index (χ4n) is 7.80. The van der Waals surface area contributed by atoms with Crippen LogP contribution in [0.3, 0.4) is 0 Å². The van der Waals surface area contributed by atoms with E-state index < -0.39 is 35.8 Å². The van der Waals surface area contributed by atoms with E-state index in [4.69, 9.17) is 14.9 Å². The summed E-state index contributed by atoms with van der Waals surface area (Å²) in [5.41, 5.74) is 0. The van der Waals surface area contributed by atoms with Gasteiger partial charge in [0, 0.05) is 70.1 Å². The Labute approximate surface area is 348 Å². The standard InChI is InChI=1S/C45H78N2O11/c1-2-58-33-19-32-46-43(54)37(27-31-42(52)53)34-39(49)29-30-40(45(56)57)47-44(55)36-25-22-35(23-26-36)24-28-38(48)20-17-15-13-11-9-7-5-3-4-6-8-10-12-14-16-18-21-41(50)51/h35-37,40H,2-34H2,1H3,(H,46,54)(H,47,55)(H,50,51)(H,52,53)(H,56,57). The van der Waals surface area contributed by atoms with Gasteiger partial charge in [0.05, 0.1) is 0 Å². The van der Waals surface area contributed by atoms with Crippen molar-refractivity contribution in [3.63, 3.8) is 0 Å². The van der Waals surface area contributed by atoms with Crippen molar-refractivity contribution in [1.82, 2.24) is 10.6 Å². The highest BCUT2D eigenvalue weighted by Gasteiger charge is 2.30. The molecule has 1 aliphatic rings. The molecule has 0 saturated heterocycles. The molecule has 0 aliphatic heterocycles. The molecule has 0 radical (unpaired) electrons. The van der Waals surface area contributed by atoms with Gasteiger partial charge in [0.1, 0.15) is 17.6 Å². The van der Waals surface area contributed by atoms with Crippen molar-refractivity contribution in [2.75, 3.05) is 19.8 Å². The maximum Gasteiger partial charge on any atom is 0.326 e. The zero-order valence-corrected chi connectivity index (χ0v) is 35.8. The van der Waals surface area contributed by atoms with Crippen LogP contribution >= 0.6 is 0 Å². The molecule has 0 aromatic carbocycles. The summed E-state index contributed by atoms with van der Waals surface area (Å²) in [5.74, 6) is -4.61. The molecule has 0 heterocycles. The third-order valence-corrected chi connectivity index (χ3v) is 11.5. The number of carboxylic acid groups (broad SMARTS) is 3. The molecule has 5 N–H and O–H groups in total. The SMILES string of the molecule is CCOCCCNC(=O)C(CCC(=O)O)CC(=O)CCC(NC(=O)C1CCC(CCC(=O)CCCCCCCCCCCCCCCCCCC(=O)O)CC1)C(=O)O. The third-order valence-electron chi connectivity index (χ3n) is 11.5. The van der Waals surface area contributed by atoms with E-state index in [1.807, 2.05) is 6.92 Å². The van der Waals surface area contributed by atoms with Crippen molar-refractivity contribution >= 4 is 41.3 Å². The van der Waals surface area contributed by atoms with E-state index in [2.05, 4.69) is 10.6 Å². The van der Waals surface area contributed by atoms with Crippen LogP contribution in [-0.2, 0) is 38.3 Å². The average molecular weight is 823 g/mol. The number of unbranched alkanes of at least 4 members (excludes halogenated alkanes) is 15. The van der Waals surface area contributed by atoms with Gasteiger partial charge in [0.15, 0.2) is 0 Å². The molecule has 0 aromatic heterocycles. The van der Waals surface area contributed by atoms with Crippen LogP contribution in [0.4, 0.5) is 0 Å². The van der Waals surface area contributed by atoms with Crippen molar-refractivity contribution < 1.29 is 53.6 Å². The second-order valence-electron chi connectivity index (χ2n) is 16.5. The van der Waals surface area contributed by atoms with Gasteiger partial charge in [-0.05, 0) is 77.0 Å². The van der Waals surface area contributed by atoms with Gasteiger partial charge in [0.25, 0.3) is 0 Å². The van der Waals surface area contributed by atoms with Gasteiger partial charge in [-0.1, -0.05) is 89.9 Å². The monoisotopic (exact) mass is 823 g/mol. The summed E-state index contributed by atoms with van der Waals surface area (Å²) in [6, 6.07) is -1.25. The van der Waals surface area contributed by atoms with Crippen LogP contribution in [0.5, 0.6) is 0 Å². The zero-order valence-electron chi connectivity index (χ0n) is 35.8. The first-order chi connectivity index (χ1) is 27.9. The number of ketones is 2. The normalized spacial score (nSPS) is 16.3. The average Bonchev–Trinajstić information content (AvgIpc) is 3.19. The number of carbonyl (C=O) groups excluding carboxylic acids is 4. The summed E-state index contributed by atoms with van der Waals surface area (Å²) in [6.07, 6.45) is 23.9. The van der Waals surface area contributed by atoms with Crippen molar-refractivity contribution in [2.24, 2.45) is 17.8 Å². The predicted octanol–water partition coefficient (Wildman–Crippen LogP) is 8.58. The van der Waals surface area contributed by atoms with Crippen LogP contribution in [0.15, 0.2) is 0 Å². The number of hydrogen-bond acceptors (Lipinski definition) is 8. The molecule has 1 rings (SSSR count). The Bertz CT molecular complexity index is 1190. The molecular weight excluding hydrogens is 744 g/mol. The fraction of sp³-hybridized carbons (Fsp3) is 0.844. The Morgan fingerprint density at radius 1 is 0.586 bits per heavy atom. The number of carboxylic acids is 3. The largest absolute Gasteiger partial charge is 0.481 e. The molecule has 13 nitrogen and oxygen atoms in total. The summed E-state index contributed by atoms with van der Waals surface area (Å²) < 4.78 is 5.25. The lowest BCUT2D eigenvalue weighted by molar-refractivity contribution is -0.143. The second-order valence-corrected chi connectivity index (χ2v) is 16.5. The molecule has 0 spiro atoms. The molecule has 1 aliphatic carbocycles. The van der Waals surface area contributed by atoms with E-state index >= 15 is 0 Å². The van der Waals surface area contributed by atoms with Crippen molar-refractivity contribution in [1.29, 1.82) is 0 Å². The molecule has 334 valence electrons.